The fourth-order valence-corrected chi connectivity index (χ4v) is 4.09. The second-order valence-corrected chi connectivity index (χ2v) is 9.30. The van der Waals surface area contributed by atoms with Crippen molar-refractivity contribution >= 4 is 57.1 Å². The molecular formula is C27H22BrClN2O6. The van der Waals surface area contributed by atoms with E-state index in [0.717, 1.165) is 20.7 Å². The molecule has 0 bridgehead atoms. The molecule has 1 fully saturated rings. The van der Waals surface area contributed by atoms with E-state index >= 15 is 0 Å². The number of methoxy groups -OCH3 is 1. The first kappa shape index (κ1) is 26.2. The van der Waals surface area contributed by atoms with Gasteiger partial charge >= 0.3 is 6.03 Å². The van der Waals surface area contributed by atoms with Gasteiger partial charge < -0.3 is 14.2 Å². The fraction of sp³-hybridized carbons (Fsp3) is 0.148. The number of imide groups is 2. The van der Waals surface area contributed by atoms with Crippen LogP contribution in [-0.4, -0.2) is 38.2 Å². The maximum Gasteiger partial charge on any atom is 0.335 e. The highest BCUT2D eigenvalue weighted by molar-refractivity contribution is 9.10. The highest BCUT2D eigenvalue weighted by atomic mass is 79.9. The summed E-state index contributed by atoms with van der Waals surface area (Å²) in [5.41, 5.74) is 1.63. The van der Waals surface area contributed by atoms with Gasteiger partial charge in [0.15, 0.2) is 11.5 Å². The maximum absolute atomic E-state index is 13.1. The molecule has 1 heterocycles. The van der Waals surface area contributed by atoms with Gasteiger partial charge in [-0.1, -0.05) is 45.2 Å². The Bertz CT molecular complexity index is 1370. The number of barbiturate groups is 1. The van der Waals surface area contributed by atoms with E-state index in [1.807, 2.05) is 31.2 Å². The van der Waals surface area contributed by atoms with Gasteiger partial charge in [0.05, 0.1) is 17.8 Å². The Balaban J connectivity index is 1.52. The Morgan fingerprint density at radius 3 is 2.32 bits per heavy atom. The average molecular weight is 586 g/mol. The van der Waals surface area contributed by atoms with Crippen molar-refractivity contribution in [1.82, 2.24) is 5.32 Å². The van der Waals surface area contributed by atoms with Gasteiger partial charge in [0, 0.05) is 4.47 Å². The van der Waals surface area contributed by atoms with Gasteiger partial charge in [0.25, 0.3) is 11.8 Å². The molecule has 3 aromatic carbocycles. The minimum atomic E-state index is -0.832. The van der Waals surface area contributed by atoms with E-state index < -0.39 is 17.8 Å². The van der Waals surface area contributed by atoms with Gasteiger partial charge in [0.1, 0.15) is 24.5 Å². The first-order valence-corrected chi connectivity index (χ1v) is 12.3. The van der Waals surface area contributed by atoms with E-state index in [1.54, 1.807) is 30.3 Å². The number of nitrogens with zero attached hydrogens (tertiary/aromatic N) is 1. The summed E-state index contributed by atoms with van der Waals surface area (Å²) in [5, 5.41) is 2.41. The lowest BCUT2D eigenvalue weighted by Crippen LogP contribution is -2.54. The van der Waals surface area contributed by atoms with Crippen LogP contribution >= 0.6 is 27.5 Å². The number of hydrogen-bond donors (Lipinski definition) is 1. The first-order chi connectivity index (χ1) is 17.8. The van der Waals surface area contributed by atoms with Crippen molar-refractivity contribution in [3.63, 3.8) is 0 Å². The van der Waals surface area contributed by atoms with Crippen LogP contribution in [0.15, 0.2) is 70.7 Å². The molecular weight excluding hydrogens is 564 g/mol. The maximum atomic E-state index is 13.1. The van der Waals surface area contributed by atoms with E-state index in [4.69, 9.17) is 25.8 Å². The molecule has 3 aromatic rings. The number of amides is 4. The molecule has 8 nitrogen and oxygen atoms in total. The Kier molecular flexibility index (Phi) is 8.15. The van der Waals surface area contributed by atoms with Crippen LogP contribution in [0, 0.1) is 6.92 Å². The van der Waals surface area contributed by atoms with E-state index in [-0.39, 0.29) is 23.8 Å². The Hall–Kier alpha value is -3.82. The van der Waals surface area contributed by atoms with Crippen LogP contribution in [0.3, 0.4) is 0 Å². The van der Waals surface area contributed by atoms with Gasteiger partial charge in [0.2, 0.25) is 0 Å². The van der Waals surface area contributed by atoms with Crippen LogP contribution in [0.1, 0.15) is 11.1 Å². The smallest absolute Gasteiger partial charge is 0.335 e. The fourth-order valence-electron chi connectivity index (χ4n) is 3.55. The largest absolute Gasteiger partial charge is 0.493 e. The molecule has 0 unspecified atom stereocenters. The third-order valence-electron chi connectivity index (χ3n) is 5.37. The summed E-state index contributed by atoms with van der Waals surface area (Å²) in [4.78, 5) is 38.9. The lowest BCUT2D eigenvalue weighted by atomic mass is 10.1. The predicted molar refractivity (Wildman–Crippen MR) is 143 cm³/mol. The van der Waals surface area contributed by atoms with Crippen LogP contribution in [0.4, 0.5) is 10.5 Å². The number of halogens is 2. The molecule has 0 atom stereocenters. The topological polar surface area (TPSA) is 94.2 Å². The molecule has 10 heteroatoms. The van der Waals surface area contributed by atoms with Crippen molar-refractivity contribution in [3.8, 4) is 17.2 Å². The van der Waals surface area contributed by atoms with Gasteiger partial charge in [-0.25, -0.2) is 9.69 Å². The normalized spacial score (nSPS) is 14.5. The molecule has 0 radical (unpaired) electrons. The van der Waals surface area contributed by atoms with Crippen LogP contribution < -0.4 is 24.4 Å². The molecule has 1 N–H and O–H groups in total. The SMILES string of the molecule is COc1cc(C=C2C(=O)NC(=O)N(c3ccc(Br)cc3)C2=O)cc(Cl)c1OCCOc1ccc(C)cc1. The quantitative estimate of drug-likeness (QED) is 0.212. The predicted octanol–water partition coefficient (Wildman–Crippen LogP) is 5.54. The van der Waals surface area contributed by atoms with Gasteiger partial charge in [-0.2, -0.15) is 0 Å². The number of aryl methyl sites for hydroxylation is 1. The average Bonchev–Trinajstić information content (AvgIpc) is 2.87. The molecule has 4 amide bonds. The molecule has 0 aliphatic carbocycles. The van der Waals surface area contributed by atoms with Gasteiger partial charge in [-0.05, 0) is 67.1 Å². The Labute approximate surface area is 226 Å². The van der Waals surface area contributed by atoms with E-state index in [2.05, 4.69) is 21.2 Å². The van der Waals surface area contributed by atoms with E-state index in [9.17, 15) is 14.4 Å². The van der Waals surface area contributed by atoms with Gasteiger partial charge in [-0.3, -0.25) is 14.9 Å². The minimum absolute atomic E-state index is 0.204. The second-order valence-electron chi connectivity index (χ2n) is 7.98. The van der Waals surface area contributed by atoms with Crippen molar-refractivity contribution < 1.29 is 28.6 Å². The zero-order chi connectivity index (χ0) is 26.5. The highest BCUT2D eigenvalue weighted by Crippen LogP contribution is 2.37. The number of hydrogen-bond acceptors (Lipinski definition) is 6. The third-order valence-corrected chi connectivity index (χ3v) is 6.18. The molecule has 1 aliphatic rings. The summed E-state index contributed by atoms with van der Waals surface area (Å²) in [6.07, 6.45) is 1.34. The molecule has 1 saturated heterocycles. The van der Waals surface area contributed by atoms with Crippen LogP contribution in [-0.2, 0) is 9.59 Å². The number of rotatable bonds is 8. The highest BCUT2D eigenvalue weighted by Gasteiger charge is 2.36. The zero-order valence-electron chi connectivity index (χ0n) is 19.9. The molecule has 4 rings (SSSR count). The number of anilines is 1. The van der Waals surface area contributed by atoms with Crippen molar-refractivity contribution in [2.75, 3.05) is 25.2 Å². The zero-order valence-corrected chi connectivity index (χ0v) is 22.3. The van der Waals surface area contributed by atoms with Crippen LogP contribution in [0.2, 0.25) is 5.02 Å². The van der Waals surface area contributed by atoms with Crippen molar-refractivity contribution in [2.45, 2.75) is 6.92 Å². The monoisotopic (exact) mass is 584 g/mol. The number of nitrogens with one attached hydrogen (secondary N) is 1. The summed E-state index contributed by atoms with van der Waals surface area (Å²) >= 11 is 9.76. The lowest BCUT2D eigenvalue weighted by molar-refractivity contribution is -0.122. The van der Waals surface area contributed by atoms with Crippen molar-refractivity contribution in [1.29, 1.82) is 0 Å². The van der Waals surface area contributed by atoms with Crippen molar-refractivity contribution in [2.24, 2.45) is 0 Å². The van der Waals surface area contributed by atoms with E-state index in [1.165, 1.54) is 19.3 Å². The van der Waals surface area contributed by atoms with E-state index in [0.29, 0.717) is 22.7 Å². The molecule has 0 spiro atoms. The van der Waals surface area contributed by atoms with Crippen molar-refractivity contribution in [3.05, 3.63) is 86.9 Å². The Morgan fingerprint density at radius 2 is 1.65 bits per heavy atom. The number of benzene rings is 3. The van der Waals surface area contributed by atoms with Crippen LogP contribution in [0.25, 0.3) is 6.08 Å². The summed E-state index contributed by atoms with van der Waals surface area (Å²) in [5.74, 6) is -0.254. The summed E-state index contributed by atoms with van der Waals surface area (Å²) in [6.45, 7) is 2.48. The number of ether oxygens (including phenoxy) is 3. The standard InChI is InChI=1S/C27H22BrClN2O6/c1-16-3-9-20(10-4-16)36-11-12-37-24-22(29)14-17(15-23(24)35-2)13-21-25(32)30-27(34)31(26(21)33)19-7-5-18(28)6-8-19/h3-10,13-15H,11-12H2,1-2H3,(H,30,32,34). The molecule has 190 valence electrons. The minimum Gasteiger partial charge on any atom is -0.493 e. The number of carbonyl (C=O) groups is 3. The molecule has 1 aliphatic heterocycles. The first-order valence-electron chi connectivity index (χ1n) is 11.1. The van der Waals surface area contributed by atoms with Gasteiger partial charge in [-0.15, -0.1) is 0 Å². The Morgan fingerprint density at radius 1 is 0.973 bits per heavy atom. The number of urea groups is 1. The molecule has 0 saturated carbocycles. The number of carbonyl (C=O) groups excluding carboxylic acids is 3. The molecule has 0 aromatic heterocycles. The van der Waals surface area contributed by atoms with Crippen LogP contribution in [0.5, 0.6) is 17.2 Å². The lowest BCUT2D eigenvalue weighted by Gasteiger charge is -2.26. The summed E-state index contributed by atoms with van der Waals surface area (Å²) < 4.78 is 17.7. The third kappa shape index (κ3) is 6.12. The second kappa shape index (κ2) is 11.5. The summed E-state index contributed by atoms with van der Waals surface area (Å²) in [6, 6.07) is 16.5. The molecule has 37 heavy (non-hydrogen) atoms. The summed E-state index contributed by atoms with van der Waals surface area (Å²) in [7, 11) is 1.45.